The number of aliphatic hydroxyl groups excluding tert-OH is 1. The third-order valence-corrected chi connectivity index (χ3v) is 9.80. The van der Waals surface area contributed by atoms with E-state index in [1.807, 2.05) is 51.1 Å². The van der Waals surface area contributed by atoms with Gasteiger partial charge in [0, 0.05) is 30.5 Å². The number of carbonyl (C=O) groups excluding carboxylic acids is 4. The predicted octanol–water partition coefficient (Wildman–Crippen LogP) is 4.58. The number of likely N-dealkylation sites (tertiary alicyclic amines) is 1. The SMILES string of the molecule is CC(=O)CC(C)(C)[C@H](NC(=O)c1ccc(C)o1)C(=O)N[C@@H](Cc1ccccc1)C(O)CN1CC2CCCC[C@H]2C[C@H]1C(=O)NC(C)(C)C. The topological polar surface area (TPSA) is 141 Å². The number of aryl methyl sites for hydroxylation is 1. The molecule has 0 radical (unpaired) electrons. The van der Waals surface area contributed by atoms with Gasteiger partial charge in [0.05, 0.1) is 18.2 Å². The highest BCUT2D eigenvalue weighted by atomic mass is 16.3. The Labute approximate surface area is 285 Å². The number of hydrogen-bond acceptors (Lipinski definition) is 7. The Morgan fingerprint density at radius 3 is 2.23 bits per heavy atom. The lowest BCUT2D eigenvalue weighted by molar-refractivity contribution is -0.134. The van der Waals surface area contributed by atoms with Gasteiger partial charge in [-0.2, -0.15) is 0 Å². The van der Waals surface area contributed by atoms with Crippen LogP contribution in [-0.2, 0) is 20.8 Å². The van der Waals surface area contributed by atoms with Gasteiger partial charge < -0.3 is 30.3 Å². The molecular formula is C38H56N4O6. The number of fused-ring (bicyclic) bond motifs is 1. The molecule has 10 nitrogen and oxygen atoms in total. The van der Waals surface area contributed by atoms with Crippen molar-refractivity contribution in [3.8, 4) is 0 Å². The van der Waals surface area contributed by atoms with E-state index in [1.54, 1.807) is 32.9 Å². The van der Waals surface area contributed by atoms with Gasteiger partial charge in [-0.15, -0.1) is 0 Å². The Morgan fingerprint density at radius 2 is 1.62 bits per heavy atom. The number of hydrogen-bond donors (Lipinski definition) is 4. The highest BCUT2D eigenvalue weighted by Gasteiger charge is 2.43. The molecule has 2 unspecified atom stereocenters. The summed E-state index contributed by atoms with van der Waals surface area (Å²) >= 11 is 0. The third-order valence-electron chi connectivity index (χ3n) is 9.80. The lowest BCUT2D eigenvalue weighted by Gasteiger charge is -2.47. The Kier molecular flexibility index (Phi) is 12.3. The number of furan rings is 1. The molecule has 1 saturated heterocycles. The van der Waals surface area contributed by atoms with Crippen molar-refractivity contribution in [2.45, 2.75) is 123 Å². The number of rotatable bonds is 13. The van der Waals surface area contributed by atoms with Crippen LogP contribution in [0.4, 0.5) is 0 Å². The molecule has 48 heavy (non-hydrogen) atoms. The summed E-state index contributed by atoms with van der Waals surface area (Å²) in [5.74, 6) is 0.334. The highest BCUT2D eigenvalue weighted by Crippen LogP contribution is 2.39. The van der Waals surface area contributed by atoms with Crippen LogP contribution in [0.1, 0.15) is 102 Å². The van der Waals surface area contributed by atoms with Gasteiger partial charge in [0.1, 0.15) is 17.6 Å². The summed E-state index contributed by atoms with van der Waals surface area (Å²) in [5.41, 5.74) is -0.423. The highest BCUT2D eigenvalue weighted by molar-refractivity contribution is 5.96. The predicted molar refractivity (Wildman–Crippen MR) is 185 cm³/mol. The lowest BCUT2D eigenvalue weighted by Crippen LogP contribution is -2.62. The number of ketones is 1. The molecule has 1 aliphatic heterocycles. The average molecular weight is 665 g/mol. The first-order valence-electron chi connectivity index (χ1n) is 17.5. The van der Waals surface area contributed by atoms with Crippen LogP contribution in [0.15, 0.2) is 46.9 Å². The van der Waals surface area contributed by atoms with E-state index in [4.69, 9.17) is 4.42 Å². The number of aliphatic hydroxyl groups is 1. The van der Waals surface area contributed by atoms with Crippen molar-refractivity contribution in [2.24, 2.45) is 17.3 Å². The van der Waals surface area contributed by atoms with Crippen LogP contribution in [0.3, 0.4) is 0 Å². The fourth-order valence-corrected chi connectivity index (χ4v) is 7.53. The minimum atomic E-state index is -1.10. The number of β-amino-alcohol motifs (C(OH)–C–C–N with tert-alkyl or cyclic N) is 1. The van der Waals surface area contributed by atoms with E-state index in [1.165, 1.54) is 19.8 Å². The summed E-state index contributed by atoms with van der Waals surface area (Å²) in [6.45, 7) is 13.5. The number of piperidine rings is 1. The fourth-order valence-electron chi connectivity index (χ4n) is 7.53. The molecule has 1 aliphatic carbocycles. The van der Waals surface area contributed by atoms with Crippen LogP contribution < -0.4 is 16.0 Å². The minimum Gasteiger partial charge on any atom is -0.456 e. The number of Topliss-reactive ketones (excluding diaryl/α,β-unsaturated/α-hetero) is 1. The Balaban J connectivity index is 1.60. The van der Waals surface area contributed by atoms with Gasteiger partial charge in [0.15, 0.2) is 5.76 Å². The fraction of sp³-hybridized carbons (Fsp3) is 0.632. The summed E-state index contributed by atoms with van der Waals surface area (Å²) in [6, 6.07) is 10.6. The summed E-state index contributed by atoms with van der Waals surface area (Å²) in [7, 11) is 0. The van der Waals surface area contributed by atoms with E-state index in [0.717, 1.165) is 24.8 Å². The van der Waals surface area contributed by atoms with Gasteiger partial charge in [-0.05, 0) is 83.4 Å². The van der Waals surface area contributed by atoms with Crippen molar-refractivity contribution >= 4 is 23.5 Å². The van der Waals surface area contributed by atoms with Crippen LogP contribution in [0.5, 0.6) is 0 Å². The van der Waals surface area contributed by atoms with Gasteiger partial charge in [-0.3, -0.25) is 19.3 Å². The van der Waals surface area contributed by atoms with Gasteiger partial charge >= 0.3 is 0 Å². The minimum absolute atomic E-state index is 0.0377. The molecule has 4 rings (SSSR count). The molecule has 2 heterocycles. The van der Waals surface area contributed by atoms with Gasteiger partial charge in [-0.25, -0.2) is 0 Å². The second-order valence-corrected chi connectivity index (χ2v) is 15.8. The summed E-state index contributed by atoms with van der Waals surface area (Å²) in [4.78, 5) is 55.5. The van der Waals surface area contributed by atoms with E-state index >= 15 is 0 Å². The molecule has 4 N–H and O–H groups in total. The molecule has 10 heteroatoms. The number of carbonyl (C=O) groups is 4. The lowest BCUT2D eigenvalue weighted by atomic mass is 9.72. The van der Waals surface area contributed by atoms with E-state index in [2.05, 4.69) is 20.9 Å². The van der Waals surface area contributed by atoms with Crippen LogP contribution in [0.2, 0.25) is 0 Å². The van der Waals surface area contributed by atoms with E-state index in [0.29, 0.717) is 30.6 Å². The van der Waals surface area contributed by atoms with Crippen molar-refractivity contribution in [1.29, 1.82) is 0 Å². The zero-order chi connectivity index (χ0) is 35.2. The summed E-state index contributed by atoms with van der Waals surface area (Å²) in [5, 5.41) is 21.0. The van der Waals surface area contributed by atoms with Gasteiger partial charge in [0.25, 0.3) is 5.91 Å². The number of nitrogens with zero attached hydrogens (tertiary/aromatic N) is 1. The van der Waals surface area contributed by atoms with Gasteiger partial charge in [0.2, 0.25) is 11.8 Å². The molecule has 0 bridgehead atoms. The molecule has 2 aliphatic rings. The van der Waals surface area contributed by atoms with Crippen molar-refractivity contribution in [1.82, 2.24) is 20.9 Å². The second-order valence-electron chi connectivity index (χ2n) is 15.8. The molecule has 2 aromatic rings. The first-order chi connectivity index (χ1) is 22.5. The molecule has 1 saturated carbocycles. The molecule has 1 aromatic carbocycles. The molecule has 0 spiro atoms. The quantitative estimate of drug-likeness (QED) is 0.246. The molecular weight excluding hydrogens is 608 g/mol. The Bertz CT molecular complexity index is 1410. The van der Waals surface area contributed by atoms with E-state index < -0.39 is 41.0 Å². The monoisotopic (exact) mass is 664 g/mol. The Hall–Kier alpha value is -3.50. The molecule has 264 valence electrons. The molecule has 3 amide bonds. The molecule has 2 fully saturated rings. The third kappa shape index (κ3) is 10.3. The molecule has 6 atom stereocenters. The first-order valence-corrected chi connectivity index (χ1v) is 17.5. The molecule has 1 aromatic heterocycles. The maximum atomic E-state index is 14.2. The largest absolute Gasteiger partial charge is 0.456 e. The maximum Gasteiger partial charge on any atom is 0.287 e. The Morgan fingerprint density at radius 1 is 0.958 bits per heavy atom. The van der Waals surface area contributed by atoms with Crippen molar-refractivity contribution in [3.63, 3.8) is 0 Å². The van der Waals surface area contributed by atoms with Crippen LogP contribution >= 0.6 is 0 Å². The smallest absolute Gasteiger partial charge is 0.287 e. The van der Waals surface area contributed by atoms with Crippen molar-refractivity contribution in [2.75, 3.05) is 13.1 Å². The number of benzene rings is 1. The number of amides is 3. The zero-order valence-electron chi connectivity index (χ0n) is 29.8. The normalized spacial score (nSPS) is 22.1. The van der Waals surface area contributed by atoms with E-state index in [-0.39, 0.29) is 36.5 Å². The maximum absolute atomic E-state index is 14.2. The zero-order valence-corrected chi connectivity index (χ0v) is 29.8. The standard InChI is InChI=1S/C38H56N4O6/c1-24(43)21-38(6,7)33(40-35(46)32-18-17-25(2)48-32)36(47)39-29(19-26-13-9-8-10-14-26)31(44)23-42-22-28-16-12-11-15-27(28)20-30(42)34(45)41-37(3,4)5/h8-10,13-14,17-18,27-31,33,44H,11-12,15-16,19-23H2,1-7H3,(H,39,47)(H,40,46)(H,41,45)/t27-,28?,29-,30-,31?,33+/m0/s1. The van der Waals surface area contributed by atoms with Crippen molar-refractivity contribution in [3.05, 3.63) is 59.5 Å². The summed E-state index contributed by atoms with van der Waals surface area (Å²) < 4.78 is 5.51. The van der Waals surface area contributed by atoms with Crippen LogP contribution in [0, 0.1) is 24.2 Å². The summed E-state index contributed by atoms with van der Waals surface area (Å²) in [6.07, 6.45) is 4.68. The van der Waals surface area contributed by atoms with Crippen LogP contribution in [-0.4, -0.2) is 76.4 Å². The van der Waals surface area contributed by atoms with Gasteiger partial charge in [-0.1, -0.05) is 63.4 Å². The average Bonchev–Trinajstić information content (AvgIpc) is 3.44. The van der Waals surface area contributed by atoms with Crippen LogP contribution in [0.25, 0.3) is 0 Å². The number of nitrogens with one attached hydrogen (secondary N) is 3. The van der Waals surface area contributed by atoms with E-state index in [9.17, 15) is 24.3 Å². The second kappa shape index (κ2) is 15.8. The van der Waals surface area contributed by atoms with Crippen molar-refractivity contribution < 1.29 is 28.7 Å². The first kappa shape index (κ1) is 37.3.